The number of benzene rings is 3. The number of carbonyl (C=O) groups is 2. The third-order valence-corrected chi connectivity index (χ3v) is 8.28. The molecule has 1 saturated heterocycles. The molecule has 1 aliphatic rings. The number of rotatable bonds is 7. The van der Waals surface area contributed by atoms with Gasteiger partial charge in [0.25, 0.3) is 11.7 Å². The molecule has 3 aromatic rings. The van der Waals surface area contributed by atoms with E-state index in [-0.39, 0.29) is 36.6 Å². The second-order valence-electron chi connectivity index (χ2n) is 8.62. The smallest absolute Gasteiger partial charge is 0.295 e. The van der Waals surface area contributed by atoms with Gasteiger partial charge in [-0.25, -0.2) is 8.42 Å². The number of nitrogens with zero attached hydrogens (tertiary/aromatic N) is 3. The number of carbonyl (C=O) groups excluding carboxylic acids is 2. The lowest BCUT2D eigenvalue weighted by atomic mass is 10.1. The summed E-state index contributed by atoms with van der Waals surface area (Å²) in [5.41, 5.74) is 1.11. The summed E-state index contributed by atoms with van der Waals surface area (Å²) < 4.78 is 38.9. The quantitative estimate of drug-likeness (QED) is 0.355. The van der Waals surface area contributed by atoms with E-state index in [1.807, 2.05) is 37.2 Å². The van der Waals surface area contributed by atoms with Gasteiger partial charge in [-0.1, -0.05) is 24.3 Å². The minimum atomic E-state index is -3.81. The van der Waals surface area contributed by atoms with Gasteiger partial charge in [-0.3, -0.25) is 9.59 Å². The molecule has 4 rings (SSSR count). The van der Waals surface area contributed by atoms with Crippen LogP contribution in [0.2, 0.25) is 0 Å². The molecule has 0 unspecified atom stereocenters. The van der Waals surface area contributed by atoms with Gasteiger partial charge in [-0.05, 0) is 30.3 Å². The summed E-state index contributed by atoms with van der Waals surface area (Å²) in [6.07, 6.45) is 0. The Morgan fingerprint density at radius 2 is 1.47 bits per heavy atom. The first-order chi connectivity index (χ1) is 17.2. The second kappa shape index (κ2) is 10.2. The van der Waals surface area contributed by atoms with Crippen LogP contribution in [-0.4, -0.2) is 83.8 Å². The largest absolute Gasteiger partial charge is 0.493 e. The Balaban J connectivity index is 1.51. The number of piperazine rings is 1. The number of anilines is 1. The van der Waals surface area contributed by atoms with Crippen LogP contribution < -0.4 is 14.4 Å². The van der Waals surface area contributed by atoms with Gasteiger partial charge >= 0.3 is 0 Å². The highest BCUT2D eigenvalue weighted by atomic mass is 32.2. The van der Waals surface area contributed by atoms with E-state index in [2.05, 4.69) is 0 Å². The van der Waals surface area contributed by atoms with Crippen molar-refractivity contribution in [3.63, 3.8) is 0 Å². The molecule has 0 N–H and O–H groups in total. The van der Waals surface area contributed by atoms with Crippen molar-refractivity contribution in [1.29, 1.82) is 0 Å². The first kappa shape index (κ1) is 25.5. The number of amides is 1. The summed E-state index contributed by atoms with van der Waals surface area (Å²) in [5.74, 6) is -0.566. The lowest BCUT2D eigenvalue weighted by Crippen LogP contribution is -2.52. The lowest BCUT2D eigenvalue weighted by Gasteiger charge is -2.34. The predicted molar refractivity (Wildman–Crippen MR) is 137 cm³/mol. The maximum atomic E-state index is 13.6. The Hall–Kier alpha value is -3.63. The van der Waals surface area contributed by atoms with Crippen LogP contribution in [0.1, 0.15) is 10.4 Å². The van der Waals surface area contributed by atoms with Crippen LogP contribution in [0.4, 0.5) is 5.69 Å². The molecule has 1 fully saturated rings. The van der Waals surface area contributed by atoms with Crippen LogP contribution in [0.5, 0.6) is 11.5 Å². The van der Waals surface area contributed by atoms with E-state index in [1.165, 1.54) is 35.6 Å². The Morgan fingerprint density at radius 1 is 0.833 bits per heavy atom. The average molecular weight is 512 g/mol. The molecule has 0 aliphatic carbocycles. The van der Waals surface area contributed by atoms with Crippen LogP contribution in [0.25, 0.3) is 10.8 Å². The highest BCUT2D eigenvalue weighted by Crippen LogP contribution is 2.32. The molecule has 0 radical (unpaired) electrons. The molecule has 9 nitrogen and oxygen atoms in total. The summed E-state index contributed by atoms with van der Waals surface area (Å²) in [5, 5.41) is 1.49. The van der Waals surface area contributed by atoms with Gasteiger partial charge in [0.15, 0.2) is 11.5 Å². The fourth-order valence-electron chi connectivity index (χ4n) is 4.39. The van der Waals surface area contributed by atoms with Crippen molar-refractivity contribution in [2.45, 2.75) is 4.90 Å². The predicted octanol–water partition coefficient (Wildman–Crippen LogP) is 2.64. The van der Waals surface area contributed by atoms with E-state index in [0.29, 0.717) is 16.9 Å². The molecule has 36 heavy (non-hydrogen) atoms. The monoisotopic (exact) mass is 511 g/mol. The van der Waals surface area contributed by atoms with Crippen LogP contribution in [0.3, 0.4) is 0 Å². The summed E-state index contributed by atoms with van der Waals surface area (Å²) in [6.45, 7) is 0.420. The number of sulfonamides is 1. The number of methoxy groups -OCH3 is 2. The van der Waals surface area contributed by atoms with Gasteiger partial charge in [0.05, 0.1) is 19.1 Å². The molecule has 0 aromatic heterocycles. The highest BCUT2D eigenvalue weighted by Gasteiger charge is 2.33. The van der Waals surface area contributed by atoms with E-state index < -0.39 is 21.7 Å². The minimum Gasteiger partial charge on any atom is -0.493 e. The van der Waals surface area contributed by atoms with Crippen molar-refractivity contribution >= 4 is 38.2 Å². The summed E-state index contributed by atoms with van der Waals surface area (Å²) in [6, 6.07) is 15.4. The molecule has 190 valence electrons. The van der Waals surface area contributed by atoms with Gasteiger partial charge in [0.2, 0.25) is 10.0 Å². The SMILES string of the molecule is COc1ccc(C(=O)C(=O)N2CCN(S(=O)(=O)c3cccc4c(N(C)C)cccc34)CC2)cc1OC. The maximum Gasteiger partial charge on any atom is 0.295 e. The molecular formula is C26H29N3O6S. The molecule has 10 heteroatoms. The van der Waals surface area contributed by atoms with Crippen molar-refractivity contribution < 1.29 is 27.5 Å². The van der Waals surface area contributed by atoms with E-state index in [0.717, 1.165) is 11.1 Å². The van der Waals surface area contributed by atoms with Crippen LogP contribution in [-0.2, 0) is 14.8 Å². The average Bonchev–Trinajstić information content (AvgIpc) is 2.91. The van der Waals surface area contributed by atoms with Crippen molar-refractivity contribution in [2.75, 3.05) is 59.4 Å². The van der Waals surface area contributed by atoms with Crippen LogP contribution >= 0.6 is 0 Å². The Morgan fingerprint density at radius 3 is 2.11 bits per heavy atom. The topological polar surface area (TPSA) is 96.5 Å². The summed E-state index contributed by atoms with van der Waals surface area (Å²) >= 11 is 0. The number of fused-ring (bicyclic) bond motifs is 1. The van der Waals surface area contributed by atoms with Gasteiger partial charge in [0.1, 0.15) is 0 Å². The third kappa shape index (κ3) is 4.61. The van der Waals surface area contributed by atoms with Crippen molar-refractivity contribution in [3.8, 4) is 11.5 Å². The molecule has 1 aliphatic heterocycles. The first-order valence-corrected chi connectivity index (χ1v) is 12.9. The molecular weight excluding hydrogens is 482 g/mol. The molecule has 0 saturated carbocycles. The lowest BCUT2D eigenvalue weighted by molar-refractivity contribution is -0.127. The van der Waals surface area contributed by atoms with Gasteiger partial charge in [-0.2, -0.15) is 4.31 Å². The zero-order valence-corrected chi connectivity index (χ0v) is 21.5. The zero-order valence-electron chi connectivity index (χ0n) is 20.7. The molecule has 3 aromatic carbocycles. The number of hydrogen-bond donors (Lipinski definition) is 0. The third-order valence-electron chi connectivity index (χ3n) is 6.32. The molecule has 1 amide bonds. The molecule has 1 heterocycles. The molecule has 0 bridgehead atoms. The van der Waals surface area contributed by atoms with E-state index in [4.69, 9.17) is 9.47 Å². The van der Waals surface area contributed by atoms with E-state index in [1.54, 1.807) is 24.3 Å². The summed E-state index contributed by atoms with van der Waals surface area (Å²) in [4.78, 5) is 29.3. The number of hydrogen-bond acceptors (Lipinski definition) is 7. The molecule has 0 atom stereocenters. The zero-order chi connectivity index (χ0) is 26.0. The fraction of sp³-hybridized carbons (Fsp3) is 0.308. The van der Waals surface area contributed by atoms with E-state index >= 15 is 0 Å². The number of ketones is 1. The standard InChI is InChI=1S/C26H29N3O6S/c1-27(2)21-9-5-8-20-19(21)7-6-10-24(20)36(32,33)29-15-13-28(14-16-29)26(31)25(30)18-11-12-22(34-3)23(17-18)35-4/h5-12,17H,13-16H2,1-4H3. The minimum absolute atomic E-state index is 0.0943. The van der Waals surface area contributed by atoms with Crippen molar-refractivity contribution in [2.24, 2.45) is 0 Å². The first-order valence-electron chi connectivity index (χ1n) is 11.4. The number of ether oxygens (including phenoxy) is 2. The molecule has 0 spiro atoms. The Kier molecular flexibility index (Phi) is 7.18. The summed E-state index contributed by atoms with van der Waals surface area (Å²) in [7, 11) is 2.95. The highest BCUT2D eigenvalue weighted by molar-refractivity contribution is 7.89. The van der Waals surface area contributed by atoms with Gasteiger partial charge in [-0.15, -0.1) is 0 Å². The number of Topliss-reactive ketones (excluding diaryl/α,β-unsaturated/α-hetero) is 1. The van der Waals surface area contributed by atoms with Crippen LogP contribution in [0, 0.1) is 0 Å². The van der Waals surface area contributed by atoms with Gasteiger partial charge in [0, 0.05) is 62.3 Å². The van der Waals surface area contributed by atoms with Gasteiger partial charge < -0.3 is 19.3 Å². The normalized spacial score (nSPS) is 14.5. The van der Waals surface area contributed by atoms with Crippen LogP contribution in [0.15, 0.2) is 59.5 Å². The van der Waals surface area contributed by atoms with Crippen molar-refractivity contribution in [1.82, 2.24) is 9.21 Å². The van der Waals surface area contributed by atoms with Crippen molar-refractivity contribution in [3.05, 3.63) is 60.2 Å². The fourth-order valence-corrected chi connectivity index (χ4v) is 6.02. The van der Waals surface area contributed by atoms with E-state index in [9.17, 15) is 18.0 Å². The maximum absolute atomic E-state index is 13.6. The second-order valence-corrected chi connectivity index (χ2v) is 10.5. The Bertz CT molecular complexity index is 1410. The Labute approximate surface area is 210 Å².